The summed E-state index contributed by atoms with van der Waals surface area (Å²) in [6, 6.07) is 6.52. The van der Waals surface area contributed by atoms with Crippen molar-refractivity contribution in [1.82, 2.24) is 20.4 Å². The van der Waals surface area contributed by atoms with Crippen LogP contribution in [0.2, 0.25) is 0 Å². The highest BCUT2D eigenvalue weighted by Crippen LogP contribution is 2.37. The van der Waals surface area contributed by atoms with Crippen LogP contribution in [0.25, 0.3) is 0 Å². The van der Waals surface area contributed by atoms with Crippen molar-refractivity contribution in [2.24, 2.45) is 5.92 Å². The van der Waals surface area contributed by atoms with E-state index in [2.05, 4.69) is 22.4 Å². The number of nitrogens with one attached hydrogen (secondary N) is 2. The smallest absolute Gasteiger partial charge is 0.275 e. The molecule has 1 aromatic heterocycles. The Morgan fingerprint density at radius 1 is 1.38 bits per heavy atom. The van der Waals surface area contributed by atoms with Gasteiger partial charge in [0.05, 0.1) is 6.04 Å². The van der Waals surface area contributed by atoms with Crippen LogP contribution in [0.15, 0.2) is 24.3 Å². The molecule has 0 spiro atoms. The summed E-state index contributed by atoms with van der Waals surface area (Å²) >= 11 is 0. The zero-order valence-corrected chi connectivity index (χ0v) is 13.7. The minimum atomic E-state index is -0.250. The minimum absolute atomic E-state index is 0.103. The molecule has 6 heteroatoms. The molecule has 126 valence electrons. The Labute approximate surface area is 140 Å². The van der Waals surface area contributed by atoms with Gasteiger partial charge in [-0.15, -0.1) is 0 Å². The summed E-state index contributed by atoms with van der Waals surface area (Å²) in [4.78, 5) is 14.9. The fraction of sp³-hybridized carbons (Fsp3) is 0.444. The molecule has 2 aliphatic heterocycles. The summed E-state index contributed by atoms with van der Waals surface area (Å²) in [5.74, 6) is -0.0135. The molecular formula is C18H21FN4O. The van der Waals surface area contributed by atoms with Crippen LogP contribution in [0.4, 0.5) is 4.39 Å². The van der Waals surface area contributed by atoms with E-state index in [9.17, 15) is 9.18 Å². The van der Waals surface area contributed by atoms with E-state index in [0.29, 0.717) is 30.3 Å². The van der Waals surface area contributed by atoms with E-state index in [1.165, 1.54) is 6.07 Å². The van der Waals surface area contributed by atoms with E-state index < -0.39 is 0 Å². The number of rotatable bonds is 2. The third kappa shape index (κ3) is 2.51. The Bertz CT molecular complexity index is 772. The van der Waals surface area contributed by atoms with E-state index in [-0.39, 0.29) is 17.8 Å². The zero-order chi connectivity index (χ0) is 16.7. The van der Waals surface area contributed by atoms with Gasteiger partial charge in [-0.05, 0) is 18.4 Å². The fourth-order valence-electron chi connectivity index (χ4n) is 3.85. The number of H-pyrrole nitrogens is 1. The first-order chi connectivity index (χ1) is 11.6. The third-order valence-corrected chi connectivity index (χ3v) is 5.04. The second kappa shape index (κ2) is 6.02. The van der Waals surface area contributed by atoms with Crippen molar-refractivity contribution in [3.63, 3.8) is 0 Å². The van der Waals surface area contributed by atoms with Crippen molar-refractivity contribution in [2.75, 3.05) is 13.1 Å². The van der Waals surface area contributed by atoms with Crippen molar-refractivity contribution in [3.05, 3.63) is 52.6 Å². The van der Waals surface area contributed by atoms with Gasteiger partial charge in [-0.2, -0.15) is 5.10 Å². The molecular weight excluding hydrogens is 307 g/mol. The third-order valence-electron chi connectivity index (χ3n) is 5.04. The van der Waals surface area contributed by atoms with E-state index in [1.807, 2.05) is 6.07 Å². The Kier molecular flexibility index (Phi) is 3.84. The van der Waals surface area contributed by atoms with E-state index in [0.717, 1.165) is 30.6 Å². The van der Waals surface area contributed by atoms with Crippen LogP contribution in [0.1, 0.15) is 46.7 Å². The van der Waals surface area contributed by atoms with E-state index >= 15 is 0 Å². The van der Waals surface area contributed by atoms with Gasteiger partial charge >= 0.3 is 0 Å². The van der Waals surface area contributed by atoms with Gasteiger partial charge in [0.15, 0.2) is 5.69 Å². The second-order valence-electron chi connectivity index (χ2n) is 6.79. The summed E-state index contributed by atoms with van der Waals surface area (Å²) in [5.41, 5.74) is 3.07. The number of aromatic amines is 1. The number of benzene rings is 1. The molecule has 2 atom stereocenters. The molecule has 5 nitrogen and oxygen atoms in total. The average Bonchev–Trinajstić information content (AvgIpc) is 3.18. The Hall–Kier alpha value is -2.21. The Balaban J connectivity index is 1.68. The standard InChI is InChI=1S/C18H21FN4O/c1-11-8-16(12-4-2-3-5-14(12)19)23(10-11)18(24)17-13-9-20-7-6-15(13)21-22-17/h2-5,11,16,20H,6-10H2,1H3,(H,21,22). The quantitative estimate of drug-likeness (QED) is 0.890. The zero-order valence-electron chi connectivity index (χ0n) is 13.7. The number of carbonyl (C=O) groups is 1. The molecule has 1 saturated heterocycles. The lowest BCUT2D eigenvalue weighted by Gasteiger charge is -2.25. The van der Waals surface area contributed by atoms with Crippen molar-refractivity contribution in [1.29, 1.82) is 0 Å². The molecule has 1 aromatic carbocycles. The first-order valence-corrected chi connectivity index (χ1v) is 8.47. The molecule has 2 aliphatic rings. The number of aromatic nitrogens is 2. The molecule has 1 amide bonds. The summed E-state index contributed by atoms with van der Waals surface area (Å²) < 4.78 is 14.3. The molecule has 0 bridgehead atoms. The highest BCUT2D eigenvalue weighted by molar-refractivity contribution is 5.94. The summed E-state index contributed by atoms with van der Waals surface area (Å²) in [6.07, 6.45) is 1.63. The number of halogens is 1. The van der Waals surface area contributed by atoms with Gasteiger partial charge in [0.25, 0.3) is 5.91 Å². The first kappa shape index (κ1) is 15.3. The molecule has 2 aromatic rings. The van der Waals surface area contributed by atoms with Gasteiger partial charge in [-0.3, -0.25) is 9.89 Å². The van der Waals surface area contributed by atoms with E-state index in [4.69, 9.17) is 0 Å². The maximum Gasteiger partial charge on any atom is 0.275 e. The largest absolute Gasteiger partial charge is 0.330 e. The normalized spacial score (nSPS) is 23.3. The number of fused-ring (bicyclic) bond motifs is 1. The molecule has 0 aliphatic carbocycles. The number of carbonyl (C=O) groups excluding carboxylic acids is 1. The lowest BCUT2D eigenvalue weighted by molar-refractivity contribution is 0.0722. The van der Waals surface area contributed by atoms with Crippen molar-refractivity contribution in [3.8, 4) is 0 Å². The number of hydrogen-bond acceptors (Lipinski definition) is 3. The Morgan fingerprint density at radius 3 is 3.04 bits per heavy atom. The number of likely N-dealkylation sites (tertiary alicyclic amines) is 1. The highest BCUT2D eigenvalue weighted by atomic mass is 19.1. The van der Waals surface area contributed by atoms with Crippen molar-refractivity contribution < 1.29 is 9.18 Å². The Morgan fingerprint density at radius 2 is 2.21 bits per heavy atom. The summed E-state index contributed by atoms with van der Waals surface area (Å²) in [6.45, 7) is 4.28. The maximum absolute atomic E-state index is 14.3. The molecule has 24 heavy (non-hydrogen) atoms. The molecule has 4 rings (SSSR count). The van der Waals surface area contributed by atoms with Crippen LogP contribution in [-0.2, 0) is 13.0 Å². The second-order valence-corrected chi connectivity index (χ2v) is 6.79. The van der Waals surface area contributed by atoms with Crippen molar-refractivity contribution >= 4 is 5.91 Å². The highest BCUT2D eigenvalue weighted by Gasteiger charge is 2.37. The van der Waals surface area contributed by atoms with Crippen LogP contribution in [0, 0.1) is 11.7 Å². The van der Waals surface area contributed by atoms with Gasteiger partial charge < -0.3 is 10.2 Å². The average molecular weight is 328 g/mol. The molecule has 1 fully saturated rings. The number of hydrogen-bond donors (Lipinski definition) is 2. The monoisotopic (exact) mass is 328 g/mol. The van der Waals surface area contributed by atoms with Gasteiger partial charge in [0, 0.05) is 42.9 Å². The minimum Gasteiger partial charge on any atom is -0.330 e. The summed E-state index contributed by atoms with van der Waals surface area (Å²) in [5, 5.41) is 10.5. The predicted octanol–water partition coefficient (Wildman–Crippen LogP) is 2.42. The molecule has 3 heterocycles. The summed E-state index contributed by atoms with van der Waals surface area (Å²) in [7, 11) is 0. The van der Waals surface area contributed by atoms with Crippen LogP contribution < -0.4 is 5.32 Å². The lowest BCUT2D eigenvalue weighted by Crippen LogP contribution is -2.33. The van der Waals surface area contributed by atoms with Gasteiger partial charge in [-0.1, -0.05) is 25.1 Å². The van der Waals surface area contributed by atoms with Gasteiger partial charge in [0.1, 0.15) is 5.82 Å². The van der Waals surface area contributed by atoms with Gasteiger partial charge in [-0.25, -0.2) is 4.39 Å². The van der Waals surface area contributed by atoms with Crippen LogP contribution in [0.3, 0.4) is 0 Å². The molecule has 2 unspecified atom stereocenters. The van der Waals surface area contributed by atoms with Crippen LogP contribution >= 0.6 is 0 Å². The topological polar surface area (TPSA) is 61.0 Å². The SMILES string of the molecule is CC1CC(c2ccccc2F)N(C(=O)c2n[nH]c3c2CNCC3)C1. The fourth-order valence-corrected chi connectivity index (χ4v) is 3.85. The maximum atomic E-state index is 14.3. The molecule has 2 N–H and O–H groups in total. The van der Waals surface area contributed by atoms with Crippen molar-refractivity contribution in [2.45, 2.75) is 32.4 Å². The van der Waals surface area contributed by atoms with Gasteiger partial charge in [0.2, 0.25) is 0 Å². The van der Waals surface area contributed by atoms with E-state index in [1.54, 1.807) is 17.0 Å². The predicted molar refractivity (Wildman–Crippen MR) is 88.0 cm³/mol. The molecule has 0 saturated carbocycles. The lowest BCUT2D eigenvalue weighted by atomic mass is 10.00. The first-order valence-electron chi connectivity index (χ1n) is 8.47. The van der Waals surface area contributed by atoms with Crippen LogP contribution in [0.5, 0.6) is 0 Å². The van der Waals surface area contributed by atoms with Crippen LogP contribution in [-0.4, -0.2) is 34.1 Å². The molecule has 0 radical (unpaired) electrons. The number of nitrogens with zero attached hydrogens (tertiary/aromatic N) is 2. The number of amides is 1.